The molecule has 0 bridgehead atoms. The van der Waals surface area contributed by atoms with E-state index >= 15 is 0 Å². The van der Waals surface area contributed by atoms with Crippen LogP contribution in [0.1, 0.15) is 43.6 Å². The zero-order valence-electron chi connectivity index (χ0n) is 13.8. The SMILES string of the molecule is CC1(C)OB(C(=Cc2ccc(N)c(C(=O)O)c2)CO)OC1(C)C. The van der Waals surface area contributed by atoms with Crippen molar-refractivity contribution in [2.75, 3.05) is 12.3 Å². The van der Waals surface area contributed by atoms with Crippen LogP contribution < -0.4 is 5.73 Å². The molecule has 1 aromatic rings. The van der Waals surface area contributed by atoms with Crippen molar-refractivity contribution in [3.63, 3.8) is 0 Å². The Morgan fingerprint density at radius 2 is 1.83 bits per heavy atom. The van der Waals surface area contributed by atoms with Gasteiger partial charge in [0.1, 0.15) is 0 Å². The zero-order chi connectivity index (χ0) is 17.4. The standard InChI is InChI=1S/C16H22BNO5/c1-15(2)16(3,4)23-17(22-15)11(9-19)7-10-5-6-13(18)12(8-10)14(20)21/h5-8,19H,9,18H2,1-4H3,(H,20,21). The second kappa shape index (κ2) is 6.00. The van der Waals surface area contributed by atoms with Gasteiger partial charge in [-0.3, -0.25) is 0 Å². The van der Waals surface area contributed by atoms with Gasteiger partial charge < -0.3 is 25.3 Å². The maximum Gasteiger partial charge on any atom is 0.492 e. The van der Waals surface area contributed by atoms with Gasteiger partial charge in [0.15, 0.2) is 0 Å². The second-order valence-electron chi connectivity index (χ2n) is 6.62. The highest BCUT2D eigenvalue weighted by Gasteiger charge is 2.52. The molecule has 1 saturated heterocycles. The highest BCUT2D eigenvalue weighted by atomic mass is 16.7. The summed E-state index contributed by atoms with van der Waals surface area (Å²) in [4.78, 5) is 11.2. The molecular weight excluding hydrogens is 297 g/mol. The lowest BCUT2D eigenvalue weighted by atomic mass is 9.77. The molecule has 1 aromatic carbocycles. The predicted molar refractivity (Wildman–Crippen MR) is 89.0 cm³/mol. The van der Waals surface area contributed by atoms with E-state index in [4.69, 9.17) is 20.1 Å². The van der Waals surface area contributed by atoms with Gasteiger partial charge in [-0.1, -0.05) is 12.1 Å². The normalized spacial score (nSPS) is 19.9. The van der Waals surface area contributed by atoms with Gasteiger partial charge in [-0.2, -0.15) is 0 Å². The molecule has 6 nitrogen and oxygen atoms in total. The third-order valence-electron chi connectivity index (χ3n) is 4.40. The number of carbonyl (C=O) groups is 1. The minimum Gasteiger partial charge on any atom is -0.478 e. The minimum atomic E-state index is -1.10. The average Bonchev–Trinajstić information content (AvgIpc) is 2.66. The van der Waals surface area contributed by atoms with Crippen molar-refractivity contribution < 1.29 is 24.3 Å². The van der Waals surface area contributed by atoms with Crippen LogP contribution in [0.5, 0.6) is 0 Å². The van der Waals surface area contributed by atoms with Crippen LogP contribution in [-0.2, 0) is 9.31 Å². The van der Waals surface area contributed by atoms with E-state index in [2.05, 4.69) is 0 Å². The molecule has 1 aliphatic rings. The van der Waals surface area contributed by atoms with E-state index in [0.717, 1.165) is 0 Å². The number of hydrogen-bond donors (Lipinski definition) is 3. The molecule has 0 atom stereocenters. The number of rotatable bonds is 4. The number of nitrogen functional groups attached to an aromatic ring is 1. The van der Waals surface area contributed by atoms with Crippen molar-refractivity contribution in [1.82, 2.24) is 0 Å². The fraction of sp³-hybridized carbons (Fsp3) is 0.438. The number of nitrogens with two attached hydrogens (primary N) is 1. The zero-order valence-corrected chi connectivity index (χ0v) is 13.8. The summed E-state index contributed by atoms with van der Waals surface area (Å²) >= 11 is 0. The first-order chi connectivity index (χ1) is 10.6. The van der Waals surface area contributed by atoms with E-state index in [9.17, 15) is 9.90 Å². The Bertz CT molecular complexity index is 638. The number of aliphatic hydroxyl groups is 1. The van der Waals surface area contributed by atoms with Gasteiger partial charge in [-0.05, 0) is 50.9 Å². The summed E-state index contributed by atoms with van der Waals surface area (Å²) < 4.78 is 11.8. The van der Waals surface area contributed by atoms with Crippen LogP contribution in [0.2, 0.25) is 0 Å². The molecule has 1 heterocycles. The van der Waals surface area contributed by atoms with Crippen LogP contribution in [0.15, 0.2) is 23.7 Å². The lowest BCUT2D eigenvalue weighted by Crippen LogP contribution is -2.41. The largest absolute Gasteiger partial charge is 0.492 e. The number of aliphatic hydroxyl groups excluding tert-OH is 1. The molecule has 0 radical (unpaired) electrons. The summed E-state index contributed by atoms with van der Waals surface area (Å²) in [7, 11) is -0.684. The number of hydrogen-bond acceptors (Lipinski definition) is 5. The van der Waals surface area contributed by atoms with Crippen molar-refractivity contribution in [3.8, 4) is 0 Å². The molecular formula is C16H22BNO5. The summed E-state index contributed by atoms with van der Waals surface area (Å²) in [6.45, 7) is 7.44. The van der Waals surface area contributed by atoms with Crippen molar-refractivity contribution in [3.05, 3.63) is 34.8 Å². The van der Waals surface area contributed by atoms with Gasteiger partial charge in [0.05, 0.1) is 23.4 Å². The van der Waals surface area contributed by atoms with E-state index < -0.39 is 24.3 Å². The topological polar surface area (TPSA) is 102 Å². The third kappa shape index (κ3) is 3.42. The fourth-order valence-electron chi connectivity index (χ4n) is 2.25. The Kier molecular flexibility index (Phi) is 4.57. The van der Waals surface area contributed by atoms with Crippen LogP contribution >= 0.6 is 0 Å². The molecule has 0 amide bonds. The first kappa shape index (κ1) is 17.5. The summed E-state index contributed by atoms with van der Waals surface area (Å²) in [6, 6.07) is 4.66. The van der Waals surface area contributed by atoms with Gasteiger partial charge >= 0.3 is 13.1 Å². The molecule has 0 aliphatic carbocycles. The van der Waals surface area contributed by atoms with Crippen molar-refractivity contribution in [2.45, 2.75) is 38.9 Å². The molecule has 124 valence electrons. The first-order valence-corrected chi connectivity index (χ1v) is 7.37. The van der Waals surface area contributed by atoms with Crippen molar-refractivity contribution in [2.24, 2.45) is 0 Å². The number of carboxylic acid groups (broad SMARTS) is 1. The first-order valence-electron chi connectivity index (χ1n) is 7.37. The Hall–Kier alpha value is -1.83. The Morgan fingerprint density at radius 3 is 2.30 bits per heavy atom. The van der Waals surface area contributed by atoms with Crippen LogP contribution in [0.4, 0.5) is 5.69 Å². The van der Waals surface area contributed by atoms with Crippen LogP contribution in [-0.4, -0.2) is 41.1 Å². The molecule has 2 rings (SSSR count). The smallest absolute Gasteiger partial charge is 0.478 e. The third-order valence-corrected chi connectivity index (χ3v) is 4.40. The minimum absolute atomic E-state index is 0.0185. The van der Waals surface area contributed by atoms with Crippen molar-refractivity contribution >= 4 is 24.9 Å². The number of benzene rings is 1. The average molecular weight is 319 g/mol. The quantitative estimate of drug-likeness (QED) is 0.579. The van der Waals surface area contributed by atoms with E-state index in [0.29, 0.717) is 11.0 Å². The molecule has 0 saturated carbocycles. The number of carboxylic acids is 1. The number of aromatic carboxylic acids is 1. The number of anilines is 1. The van der Waals surface area contributed by atoms with E-state index in [1.807, 2.05) is 27.7 Å². The maximum absolute atomic E-state index is 11.2. The summed E-state index contributed by atoms with van der Waals surface area (Å²) in [6.07, 6.45) is 1.66. The maximum atomic E-state index is 11.2. The lowest BCUT2D eigenvalue weighted by Gasteiger charge is -2.32. The van der Waals surface area contributed by atoms with Gasteiger partial charge in [0.25, 0.3) is 0 Å². The lowest BCUT2D eigenvalue weighted by molar-refractivity contribution is 0.00578. The van der Waals surface area contributed by atoms with Crippen LogP contribution in [0, 0.1) is 0 Å². The van der Waals surface area contributed by atoms with Crippen molar-refractivity contribution in [1.29, 1.82) is 0 Å². The van der Waals surface area contributed by atoms with Gasteiger partial charge in [-0.15, -0.1) is 0 Å². The predicted octanol–water partition coefficient (Wildman–Crippen LogP) is 1.97. The Labute approximate surface area is 136 Å². The Morgan fingerprint density at radius 1 is 1.26 bits per heavy atom. The fourth-order valence-corrected chi connectivity index (χ4v) is 2.25. The summed E-state index contributed by atoms with van der Waals surface area (Å²) in [5, 5.41) is 18.8. The molecule has 0 aromatic heterocycles. The molecule has 1 fully saturated rings. The molecule has 7 heteroatoms. The van der Waals surface area contributed by atoms with Gasteiger partial charge in [-0.25, -0.2) is 4.79 Å². The van der Waals surface area contributed by atoms with E-state index in [-0.39, 0.29) is 17.9 Å². The Balaban J connectivity index is 2.34. The summed E-state index contributed by atoms with van der Waals surface area (Å²) in [5.74, 6) is -1.10. The van der Waals surface area contributed by atoms with Gasteiger partial charge in [0.2, 0.25) is 0 Å². The molecule has 23 heavy (non-hydrogen) atoms. The van der Waals surface area contributed by atoms with Crippen LogP contribution in [0.25, 0.3) is 6.08 Å². The van der Waals surface area contributed by atoms with E-state index in [1.54, 1.807) is 12.1 Å². The highest BCUT2D eigenvalue weighted by Crippen LogP contribution is 2.38. The monoisotopic (exact) mass is 319 g/mol. The molecule has 4 N–H and O–H groups in total. The highest BCUT2D eigenvalue weighted by molar-refractivity contribution is 6.55. The molecule has 1 aliphatic heterocycles. The molecule has 0 unspecified atom stereocenters. The second-order valence-corrected chi connectivity index (χ2v) is 6.62. The molecule has 0 spiro atoms. The van der Waals surface area contributed by atoms with E-state index in [1.165, 1.54) is 12.1 Å². The van der Waals surface area contributed by atoms with Crippen LogP contribution in [0.3, 0.4) is 0 Å². The van der Waals surface area contributed by atoms with Gasteiger partial charge in [0, 0.05) is 5.69 Å². The summed E-state index contributed by atoms with van der Waals surface area (Å²) in [5.41, 5.74) is 5.95.